The summed E-state index contributed by atoms with van der Waals surface area (Å²) in [5, 5.41) is 2.68. The van der Waals surface area contributed by atoms with Gasteiger partial charge in [0.15, 0.2) is 17.5 Å². The molecule has 17 heavy (non-hydrogen) atoms. The molecule has 2 rings (SSSR count). The smallest absolute Gasteiger partial charge is 0.168 e. The number of nitrogens with one attached hydrogen (secondary N) is 1. The molecule has 0 fully saturated rings. The van der Waals surface area contributed by atoms with Gasteiger partial charge in [0.05, 0.1) is 0 Å². The van der Waals surface area contributed by atoms with E-state index in [1.165, 1.54) is 6.07 Å². The van der Waals surface area contributed by atoms with Gasteiger partial charge in [0.2, 0.25) is 0 Å². The second-order valence-electron chi connectivity index (χ2n) is 3.65. The van der Waals surface area contributed by atoms with Gasteiger partial charge in [0, 0.05) is 18.5 Å². The lowest BCUT2D eigenvalue weighted by atomic mass is 10.1. The largest absolute Gasteiger partial charge is 0.373 e. The number of rotatable bonds is 2. The number of nitrogens with zero attached hydrogens (tertiary/aromatic N) is 1. The number of benzene rings is 1. The fraction of sp³-hybridized carbons (Fsp3) is 0.250. The topological polar surface area (TPSA) is 24.9 Å². The summed E-state index contributed by atoms with van der Waals surface area (Å²) in [7, 11) is 1.64. The molecular formula is C12H11F3N2. The molecule has 5 heteroatoms. The summed E-state index contributed by atoms with van der Waals surface area (Å²) in [6.45, 7) is 1.86. The summed E-state index contributed by atoms with van der Waals surface area (Å²) in [5.74, 6) is -2.65. The first-order chi connectivity index (χ1) is 8.08. The number of halogens is 3. The van der Waals surface area contributed by atoms with E-state index in [0.29, 0.717) is 23.9 Å². The highest BCUT2D eigenvalue weighted by molar-refractivity contribution is 5.83. The first kappa shape index (κ1) is 11.7. The van der Waals surface area contributed by atoms with E-state index in [4.69, 9.17) is 0 Å². The number of hydrogen-bond acceptors (Lipinski definition) is 2. The van der Waals surface area contributed by atoms with Crippen LogP contribution in [0, 0.1) is 17.5 Å². The summed E-state index contributed by atoms with van der Waals surface area (Å²) >= 11 is 0. The number of fused-ring (bicyclic) bond motifs is 1. The average molecular weight is 240 g/mol. The van der Waals surface area contributed by atoms with Gasteiger partial charge in [0.25, 0.3) is 0 Å². The summed E-state index contributed by atoms with van der Waals surface area (Å²) in [6.07, 6.45) is 0.594. The van der Waals surface area contributed by atoms with Crippen LogP contribution in [0.3, 0.4) is 0 Å². The normalized spacial score (nSPS) is 10.9. The SMILES string of the molecule is CCc1cc2c(F)c(F)cc(F)c2nc1NC. The monoisotopic (exact) mass is 240 g/mol. The Labute approximate surface area is 96.5 Å². The highest BCUT2D eigenvalue weighted by atomic mass is 19.2. The van der Waals surface area contributed by atoms with Gasteiger partial charge >= 0.3 is 0 Å². The van der Waals surface area contributed by atoms with Crippen LogP contribution in [0.5, 0.6) is 0 Å². The Hall–Kier alpha value is -1.78. The van der Waals surface area contributed by atoms with E-state index in [1.807, 2.05) is 6.92 Å². The number of hydrogen-bond donors (Lipinski definition) is 1. The van der Waals surface area contributed by atoms with Crippen LogP contribution in [-0.2, 0) is 6.42 Å². The molecule has 2 nitrogen and oxygen atoms in total. The van der Waals surface area contributed by atoms with Crippen LogP contribution in [0.2, 0.25) is 0 Å². The van der Waals surface area contributed by atoms with Crippen molar-refractivity contribution in [1.82, 2.24) is 4.98 Å². The van der Waals surface area contributed by atoms with Crippen molar-refractivity contribution in [2.24, 2.45) is 0 Å². The Morgan fingerprint density at radius 2 is 1.88 bits per heavy atom. The quantitative estimate of drug-likeness (QED) is 0.815. The maximum atomic E-state index is 13.5. The Morgan fingerprint density at radius 1 is 1.18 bits per heavy atom. The molecule has 0 saturated heterocycles. The molecular weight excluding hydrogens is 229 g/mol. The highest BCUT2D eigenvalue weighted by Gasteiger charge is 2.15. The Bertz CT molecular complexity index is 582. The number of aryl methyl sites for hydroxylation is 1. The molecule has 0 saturated carbocycles. The lowest BCUT2D eigenvalue weighted by Gasteiger charge is -2.09. The molecule has 0 aliphatic carbocycles. The fourth-order valence-electron chi connectivity index (χ4n) is 1.76. The van der Waals surface area contributed by atoms with Crippen molar-refractivity contribution < 1.29 is 13.2 Å². The second kappa shape index (κ2) is 4.24. The average Bonchev–Trinajstić information content (AvgIpc) is 2.34. The van der Waals surface area contributed by atoms with Crippen molar-refractivity contribution >= 4 is 16.7 Å². The third-order valence-electron chi connectivity index (χ3n) is 2.64. The van der Waals surface area contributed by atoms with Crippen molar-refractivity contribution in [2.75, 3.05) is 12.4 Å². The van der Waals surface area contributed by atoms with Gasteiger partial charge in [-0.3, -0.25) is 0 Å². The van der Waals surface area contributed by atoms with E-state index in [9.17, 15) is 13.2 Å². The third kappa shape index (κ3) is 1.81. The first-order valence-corrected chi connectivity index (χ1v) is 5.23. The zero-order valence-corrected chi connectivity index (χ0v) is 9.44. The number of pyridine rings is 1. The van der Waals surface area contributed by atoms with Crippen LogP contribution in [0.1, 0.15) is 12.5 Å². The molecule has 0 amide bonds. The summed E-state index contributed by atoms with van der Waals surface area (Å²) < 4.78 is 40.1. The molecule has 1 aromatic heterocycles. The molecule has 0 aliphatic heterocycles. The van der Waals surface area contributed by atoms with E-state index in [1.54, 1.807) is 7.05 Å². The molecule has 2 aromatic rings. The Balaban J connectivity index is 2.87. The van der Waals surface area contributed by atoms with Crippen molar-refractivity contribution in [3.05, 3.63) is 35.1 Å². The predicted octanol–water partition coefficient (Wildman–Crippen LogP) is 3.26. The van der Waals surface area contributed by atoms with Crippen LogP contribution < -0.4 is 5.32 Å². The molecule has 1 aromatic carbocycles. The molecule has 0 atom stereocenters. The van der Waals surface area contributed by atoms with Gasteiger partial charge in [0.1, 0.15) is 11.3 Å². The van der Waals surface area contributed by atoms with Crippen LogP contribution >= 0.6 is 0 Å². The minimum atomic E-state index is -1.20. The zero-order chi connectivity index (χ0) is 12.6. The summed E-state index contributed by atoms with van der Waals surface area (Å²) in [6, 6.07) is 1.94. The number of aromatic nitrogens is 1. The summed E-state index contributed by atoms with van der Waals surface area (Å²) in [5.41, 5.74) is 0.550. The lowest BCUT2D eigenvalue weighted by Crippen LogP contribution is -2.01. The lowest BCUT2D eigenvalue weighted by molar-refractivity contribution is 0.505. The third-order valence-corrected chi connectivity index (χ3v) is 2.64. The molecule has 0 aliphatic rings. The van der Waals surface area contributed by atoms with E-state index in [0.717, 1.165) is 0 Å². The van der Waals surface area contributed by atoms with Gasteiger partial charge in [-0.25, -0.2) is 18.2 Å². The van der Waals surface area contributed by atoms with E-state index in [2.05, 4.69) is 10.3 Å². The van der Waals surface area contributed by atoms with E-state index >= 15 is 0 Å². The molecule has 0 unspecified atom stereocenters. The Morgan fingerprint density at radius 3 is 2.47 bits per heavy atom. The van der Waals surface area contributed by atoms with Crippen LogP contribution in [0.25, 0.3) is 10.9 Å². The zero-order valence-electron chi connectivity index (χ0n) is 9.44. The molecule has 0 radical (unpaired) electrons. The molecule has 90 valence electrons. The van der Waals surface area contributed by atoms with E-state index in [-0.39, 0.29) is 10.9 Å². The maximum absolute atomic E-state index is 13.5. The molecule has 0 bridgehead atoms. The predicted molar refractivity (Wildman–Crippen MR) is 60.5 cm³/mol. The molecule has 1 heterocycles. The van der Waals surface area contributed by atoms with Crippen molar-refractivity contribution in [2.45, 2.75) is 13.3 Å². The van der Waals surface area contributed by atoms with Crippen LogP contribution in [-0.4, -0.2) is 12.0 Å². The van der Waals surface area contributed by atoms with Crippen molar-refractivity contribution in [3.63, 3.8) is 0 Å². The van der Waals surface area contributed by atoms with Gasteiger partial charge in [-0.15, -0.1) is 0 Å². The van der Waals surface area contributed by atoms with Crippen molar-refractivity contribution in [3.8, 4) is 0 Å². The van der Waals surface area contributed by atoms with Gasteiger partial charge < -0.3 is 5.32 Å². The standard InChI is InChI=1S/C12H11F3N2/c1-3-6-4-7-10(15)8(13)5-9(14)11(7)17-12(6)16-2/h4-5H,3H2,1-2H3,(H,16,17). The Kier molecular flexibility index (Phi) is 2.92. The minimum Gasteiger partial charge on any atom is -0.373 e. The van der Waals surface area contributed by atoms with Gasteiger partial charge in [-0.05, 0) is 18.1 Å². The van der Waals surface area contributed by atoms with Crippen LogP contribution in [0.15, 0.2) is 12.1 Å². The van der Waals surface area contributed by atoms with Crippen LogP contribution in [0.4, 0.5) is 19.0 Å². The second-order valence-corrected chi connectivity index (χ2v) is 3.65. The van der Waals surface area contributed by atoms with Gasteiger partial charge in [-0.1, -0.05) is 6.92 Å². The first-order valence-electron chi connectivity index (χ1n) is 5.23. The highest BCUT2D eigenvalue weighted by Crippen LogP contribution is 2.26. The fourth-order valence-corrected chi connectivity index (χ4v) is 1.76. The number of anilines is 1. The van der Waals surface area contributed by atoms with Gasteiger partial charge in [-0.2, -0.15) is 0 Å². The van der Waals surface area contributed by atoms with Crippen molar-refractivity contribution in [1.29, 1.82) is 0 Å². The molecule has 0 spiro atoms. The minimum absolute atomic E-state index is 0.127. The summed E-state index contributed by atoms with van der Waals surface area (Å²) in [4.78, 5) is 3.97. The maximum Gasteiger partial charge on any atom is 0.168 e. The van der Waals surface area contributed by atoms with E-state index < -0.39 is 17.5 Å². The molecule has 1 N–H and O–H groups in total.